The van der Waals surface area contributed by atoms with Gasteiger partial charge in [-0.1, -0.05) is 6.08 Å². The summed E-state index contributed by atoms with van der Waals surface area (Å²) in [6, 6.07) is 0. The Morgan fingerprint density at radius 1 is 1.73 bits per heavy atom. The lowest BCUT2D eigenvalue weighted by Crippen LogP contribution is -2.20. The number of carbonyl (C=O) groups is 1. The zero-order valence-corrected chi connectivity index (χ0v) is 7.30. The minimum Gasteiger partial charge on any atom is -0.371 e. The molecule has 2 heteroatoms. The quantitative estimate of drug-likeness (QED) is 0.549. The summed E-state index contributed by atoms with van der Waals surface area (Å²) in [5, 5.41) is 0. The molecule has 11 heavy (non-hydrogen) atoms. The summed E-state index contributed by atoms with van der Waals surface area (Å²) in [7, 11) is 0. The lowest BCUT2D eigenvalue weighted by Gasteiger charge is -2.08. The van der Waals surface area contributed by atoms with Gasteiger partial charge in [-0.3, -0.25) is 4.79 Å². The molecule has 1 atom stereocenters. The number of ether oxygens (including phenoxy) is 1. The molecular weight excluding hydrogens is 140 g/mol. The summed E-state index contributed by atoms with van der Waals surface area (Å²) in [5.74, 6) is 0.159. The van der Waals surface area contributed by atoms with E-state index in [2.05, 4.69) is 6.58 Å². The van der Waals surface area contributed by atoms with Gasteiger partial charge in [0, 0.05) is 13.0 Å². The third-order valence-electron chi connectivity index (χ3n) is 1.46. The van der Waals surface area contributed by atoms with E-state index in [4.69, 9.17) is 4.74 Å². The Labute approximate surface area is 68.2 Å². The molecule has 0 N–H and O–H groups in total. The Hall–Kier alpha value is -0.630. The third kappa shape index (κ3) is 4.73. The number of rotatable bonds is 6. The lowest BCUT2D eigenvalue weighted by molar-refractivity contribution is -0.129. The van der Waals surface area contributed by atoms with Crippen LogP contribution in [-0.2, 0) is 9.53 Å². The van der Waals surface area contributed by atoms with Crippen LogP contribution >= 0.6 is 0 Å². The molecule has 0 aliphatic heterocycles. The molecule has 0 amide bonds. The fourth-order valence-corrected chi connectivity index (χ4v) is 0.791. The molecule has 0 heterocycles. The van der Waals surface area contributed by atoms with E-state index >= 15 is 0 Å². The third-order valence-corrected chi connectivity index (χ3v) is 1.46. The van der Waals surface area contributed by atoms with E-state index in [-0.39, 0.29) is 11.9 Å². The number of hydrogen-bond donors (Lipinski definition) is 0. The summed E-state index contributed by atoms with van der Waals surface area (Å²) < 4.78 is 5.12. The average Bonchev–Trinajstić information content (AvgIpc) is 2.00. The Bertz CT molecular complexity index is 130. The van der Waals surface area contributed by atoms with Crippen LogP contribution in [0, 0.1) is 0 Å². The second-order valence-corrected chi connectivity index (χ2v) is 2.39. The molecule has 0 saturated carbocycles. The SMILES string of the molecule is C=CCCC(=O)C(C)OCC. The molecule has 0 fully saturated rings. The summed E-state index contributed by atoms with van der Waals surface area (Å²) in [6.45, 7) is 7.82. The summed E-state index contributed by atoms with van der Waals surface area (Å²) >= 11 is 0. The highest BCUT2D eigenvalue weighted by atomic mass is 16.5. The van der Waals surface area contributed by atoms with Gasteiger partial charge in [0.05, 0.1) is 0 Å². The van der Waals surface area contributed by atoms with Crippen LogP contribution in [0.4, 0.5) is 0 Å². The Morgan fingerprint density at radius 3 is 2.82 bits per heavy atom. The average molecular weight is 156 g/mol. The smallest absolute Gasteiger partial charge is 0.161 e. The summed E-state index contributed by atoms with van der Waals surface area (Å²) in [6.07, 6.45) is 2.79. The maximum atomic E-state index is 11.1. The van der Waals surface area contributed by atoms with Crippen LogP contribution in [0.25, 0.3) is 0 Å². The topological polar surface area (TPSA) is 26.3 Å². The van der Waals surface area contributed by atoms with Crippen molar-refractivity contribution in [3.8, 4) is 0 Å². The van der Waals surface area contributed by atoms with Gasteiger partial charge in [-0.25, -0.2) is 0 Å². The van der Waals surface area contributed by atoms with Crippen molar-refractivity contribution in [1.82, 2.24) is 0 Å². The molecule has 0 rings (SSSR count). The van der Waals surface area contributed by atoms with E-state index in [0.29, 0.717) is 13.0 Å². The molecule has 0 aromatic rings. The monoisotopic (exact) mass is 156 g/mol. The van der Waals surface area contributed by atoms with E-state index in [1.54, 1.807) is 13.0 Å². The first-order chi connectivity index (χ1) is 5.22. The van der Waals surface area contributed by atoms with Gasteiger partial charge < -0.3 is 4.74 Å². The molecular formula is C9H16O2. The van der Waals surface area contributed by atoms with Gasteiger partial charge in [0.2, 0.25) is 0 Å². The molecule has 0 aromatic carbocycles. The number of carbonyl (C=O) groups excluding carboxylic acids is 1. The first-order valence-electron chi connectivity index (χ1n) is 3.97. The standard InChI is InChI=1S/C9H16O2/c1-4-6-7-9(10)8(3)11-5-2/h4,8H,1,5-7H2,2-3H3. The van der Waals surface area contributed by atoms with Crippen molar-refractivity contribution in [2.45, 2.75) is 32.8 Å². The van der Waals surface area contributed by atoms with Crippen LogP contribution in [0.5, 0.6) is 0 Å². The Kier molecular flexibility index (Phi) is 5.75. The number of allylic oxidation sites excluding steroid dienone is 1. The molecule has 0 bridgehead atoms. The Balaban J connectivity index is 3.54. The van der Waals surface area contributed by atoms with Crippen molar-refractivity contribution in [2.24, 2.45) is 0 Å². The molecule has 2 nitrogen and oxygen atoms in total. The first-order valence-corrected chi connectivity index (χ1v) is 3.97. The number of ketones is 1. The predicted octanol–water partition coefficient (Wildman–Crippen LogP) is 1.95. The first kappa shape index (κ1) is 10.4. The van der Waals surface area contributed by atoms with Crippen LogP contribution in [0.3, 0.4) is 0 Å². The van der Waals surface area contributed by atoms with E-state index in [0.717, 1.165) is 6.42 Å². The van der Waals surface area contributed by atoms with Crippen LogP contribution < -0.4 is 0 Å². The largest absolute Gasteiger partial charge is 0.371 e. The van der Waals surface area contributed by atoms with Crippen molar-refractivity contribution in [3.05, 3.63) is 12.7 Å². The molecule has 0 saturated heterocycles. The fourth-order valence-electron chi connectivity index (χ4n) is 0.791. The molecule has 1 unspecified atom stereocenters. The van der Waals surface area contributed by atoms with Gasteiger partial charge in [0.15, 0.2) is 5.78 Å². The van der Waals surface area contributed by atoms with Crippen molar-refractivity contribution in [1.29, 1.82) is 0 Å². The number of hydrogen-bond acceptors (Lipinski definition) is 2. The molecule has 0 aliphatic rings. The van der Waals surface area contributed by atoms with Gasteiger partial charge >= 0.3 is 0 Å². The van der Waals surface area contributed by atoms with Crippen LogP contribution in [0.15, 0.2) is 12.7 Å². The van der Waals surface area contributed by atoms with Crippen LogP contribution in [0.2, 0.25) is 0 Å². The van der Waals surface area contributed by atoms with Gasteiger partial charge in [0.1, 0.15) is 6.10 Å². The van der Waals surface area contributed by atoms with Crippen molar-refractivity contribution in [2.75, 3.05) is 6.61 Å². The lowest BCUT2D eigenvalue weighted by atomic mass is 10.1. The molecule has 64 valence electrons. The van der Waals surface area contributed by atoms with Crippen molar-refractivity contribution in [3.63, 3.8) is 0 Å². The van der Waals surface area contributed by atoms with E-state index < -0.39 is 0 Å². The van der Waals surface area contributed by atoms with E-state index in [1.807, 2.05) is 6.92 Å². The van der Waals surface area contributed by atoms with Crippen molar-refractivity contribution < 1.29 is 9.53 Å². The fraction of sp³-hybridized carbons (Fsp3) is 0.667. The second kappa shape index (κ2) is 6.10. The maximum Gasteiger partial charge on any atom is 0.161 e. The summed E-state index contributed by atoms with van der Waals surface area (Å²) in [4.78, 5) is 11.1. The minimum atomic E-state index is -0.250. The maximum absolute atomic E-state index is 11.1. The zero-order chi connectivity index (χ0) is 8.69. The van der Waals surface area contributed by atoms with Gasteiger partial charge in [-0.15, -0.1) is 6.58 Å². The van der Waals surface area contributed by atoms with Crippen molar-refractivity contribution >= 4 is 5.78 Å². The molecule has 0 radical (unpaired) electrons. The molecule has 0 spiro atoms. The Morgan fingerprint density at radius 2 is 2.36 bits per heavy atom. The highest BCUT2D eigenvalue weighted by Crippen LogP contribution is 1.99. The highest BCUT2D eigenvalue weighted by molar-refractivity contribution is 5.82. The highest BCUT2D eigenvalue weighted by Gasteiger charge is 2.10. The van der Waals surface area contributed by atoms with E-state index in [1.165, 1.54) is 0 Å². The molecule has 0 aliphatic carbocycles. The van der Waals surface area contributed by atoms with Gasteiger partial charge in [-0.05, 0) is 20.3 Å². The van der Waals surface area contributed by atoms with Crippen LogP contribution in [-0.4, -0.2) is 18.5 Å². The van der Waals surface area contributed by atoms with Crippen LogP contribution in [0.1, 0.15) is 26.7 Å². The predicted molar refractivity (Wildman–Crippen MR) is 45.5 cm³/mol. The molecule has 0 aromatic heterocycles. The second-order valence-electron chi connectivity index (χ2n) is 2.39. The normalized spacial score (nSPS) is 12.5. The number of Topliss-reactive ketones (excluding diaryl/α,β-unsaturated/α-hetero) is 1. The minimum absolute atomic E-state index is 0.159. The van der Waals surface area contributed by atoms with Gasteiger partial charge in [-0.2, -0.15) is 0 Å². The van der Waals surface area contributed by atoms with E-state index in [9.17, 15) is 4.79 Å². The van der Waals surface area contributed by atoms with Gasteiger partial charge in [0.25, 0.3) is 0 Å². The summed E-state index contributed by atoms with van der Waals surface area (Å²) in [5.41, 5.74) is 0. The zero-order valence-electron chi connectivity index (χ0n) is 7.30.